The second-order valence-corrected chi connectivity index (χ2v) is 5.11. The molecular weight excluding hydrogens is 222 g/mol. The molecule has 2 rings (SSSR count). The Morgan fingerprint density at radius 2 is 2.19 bits per heavy atom. The maximum Gasteiger partial charge on any atom is 0.119 e. The standard InChI is InChI=1S/C10H15N5S/c1-8(5-15-6-13-14-7-15)11-3-10-4-12-9(2)16-10/h4,6-8,11H,3,5H2,1-2H3. The highest BCUT2D eigenvalue weighted by Gasteiger charge is 2.04. The van der Waals surface area contributed by atoms with E-state index in [1.807, 2.05) is 17.7 Å². The van der Waals surface area contributed by atoms with Crippen LogP contribution in [0.1, 0.15) is 16.8 Å². The summed E-state index contributed by atoms with van der Waals surface area (Å²) in [5.74, 6) is 0. The van der Waals surface area contributed by atoms with Crippen LogP contribution in [0.5, 0.6) is 0 Å². The highest BCUT2D eigenvalue weighted by Crippen LogP contribution is 2.10. The van der Waals surface area contributed by atoms with Gasteiger partial charge in [0.1, 0.15) is 12.7 Å². The van der Waals surface area contributed by atoms with Gasteiger partial charge in [-0.25, -0.2) is 4.98 Å². The van der Waals surface area contributed by atoms with Crippen LogP contribution in [-0.4, -0.2) is 25.8 Å². The highest BCUT2D eigenvalue weighted by atomic mass is 32.1. The van der Waals surface area contributed by atoms with E-state index in [1.165, 1.54) is 4.88 Å². The Morgan fingerprint density at radius 3 is 2.81 bits per heavy atom. The Balaban J connectivity index is 1.77. The molecule has 0 aliphatic carbocycles. The molecule has 2 aromatic rings. The largest absolute Gasteiger partial charge is 0.319 e. The smallest absolute Gasteiger partial charge is 0.119 e. The van der Waals surface area contributed by atoms with Crippen molar-refractivity contribution in [2.45, 2.75) is 33.0 Å². The summed E-state index contributed by atoms with van der Waals surface area (Å²) < 4.78 is 1.97. The fourth-order valence-electron chi connectivity index (χ4n) is 1.46. The molecule has 0 amide bonds. The number of hydrogen-bond acceptors (Lipinski definition) is 5. The van der Waals surface area contributed by atoms with E-state index in [1.54, 1.807) is 24.0 Å². The van der Waals surface area contributed by atoms with Gasteiger partial charge in [0.15, 0.2) is 0 Å². The molecule has 2 aromatic heterocycles. The van der Waals surface area contributed by atoms with Crippen LogP contribution < -0.4 is 5.32 Å². The zero-order valence-corrected chi connectivity index (χ0v) is 10.2. The summed E-state index contributed by atoms with van der Waals surface area (Å²) in [6.45, 7) is 5.92. The SMILES string of the molecule is Cc1ncc(CNC(C)Cn2cnnc2)s1. The molecular formula is C10H15N5S. The lowest BCUT2D eigenvalue weighted by atomic mass is 10.3. The van der Waals surface area contributed by atoms with Crippen molar-refractivity contribution >= 4 is 11.3 Å². The Morgan fingerprint density at radius 1 is 1.44 bits per heavy atom. The van der Waals surface area contributed by atoms with Crippen molar-refractivity contribution in [3.63, 3.8) is 0 Å². The van der Waals surface area contributed by atoms with Crippen LogP contribution in [0.15, 0.2) is 18.9 Å². The molecule has 0 saturated carbocycles. The third kappa shape index (κ3) is 3.11. The van der Waals surface area contributed by atoms with Gasteiger partial charge in [-0.15, -0.1) is 21.5 Å². The molecule has 0 aliphatic heterocycles. The van der Waals surface area contributed by atoms with Crippen LogP contribution in [0.3, 0.4) is 0 Å². The number of nitrogens with zero attached hydrogens (tertiary/aromatic N) is 4. The summed E-state index contributed by atoms with van der Waals surface area (Å²) >= 11 is 1.73. The predicted octanol–water partition coefficient (Wildman–Crippen LogP) is 1.22. The van der Waals surface area contributed by atoms with Gasteiger partial charge in [-0.3, -0.25) is 0 Å². The Hall–Kier alpha value is -1.27. The number of aryl methyl sites for hydroxylation is 1. The number of thiazole rings is 1. The molecule has 2 heterocycles. The van der Waals surface area contributed by atoms with Crippen LogP contribution in [-0.2, 0) is 13.1 Å². The van der Waals surface area contributed by atoms with Gasteiger partial charge in [0.25, 0.3) is 0 Å². The Kier molecular flexibility index (Phi) is 3.63. The zero-order valence-electron chi connectivity index (χ0n) is 9.42. The van der Waals surface area contributed by atoms with Crippen LogP contribution in [0.4, 0.5) is 0 Å². The molecule has 1 N–H and O–H groups in total. The van der Waals surface area contributed by atoms with E-state index in [0.29, 0.717) is 6.04 Å². The number of rotatable bonds is 5. The molecule has 0 saturated heterocycles. The van der Waals surface area contributed by atoms with Crippen molar-refractivity contribution < 1.29 is 0 Å². The van der Waals surface area contributed by atoms with E-state index < -0.39 is 0 Å². The summed E-state index contributed by atoms with van der Waals surface area (Å²) in [6.07, 6.45) is 5.39. The normalized spacial score (nSPS) is 12.9. The van der Waals surface area contributed by atoms with E-state index in [4.69, 9.17) is 0 Å². The molecule has 16 heavy (non-hydrogen) atoms. The van der Waals surface area contributed by atoms with E-state index in [0.717, 1.165) is 18.1 Å². The van der Waals surface area contributed by atoms with Crippen LogP contribution in [0.25, 0.3) is 0 Å². The molecule has 6 heteroatoms. The maximum atomic E-state index is 4.22. The minimum atomic E-state index is 0.387. The van der Waals surface area contributed by atoms with Crippen molar-refractivity contribution in [2.75, 3.05) is 0 Å². The Bertz CT molecular complexity index is 422. The molecule has 1 atom stereocenters. The highest BCUT2D eigenvalue weighted by molar-refractivity contribution is 7.11. The summed E-state index contributed by atoms with van der Waals surface area (Å²) in [4.78, 5) is 5.49. The third-order valence-electron chi connectivity index (χ3n) is 2.25. The summed E-state index contributed by atoms with van der Waals surface area (Å²) in [5, 5.41) is 12.1. The second kappa shape index (κ2) is 5.18. The quantitative estimate of drug-likeness (QED) is 0.849. The zero-order chi connectivity index (χ0) is 11.4. The summed E-state index contributed by atoms with van der Waals surface area (Å²) in [5.41, 5.74) is 0. The first-order valence-electron chi connectivity index (χ1n) is 5.21. The number of nitrogens with one attached hydrogen (secondary N) is 1. The lowest BCUT2D eigenvalue weighted by Gasteiger charge is -2.12. The van der Waals surface area contributed by atoms with E-state index >= 15 is 0 Å². The lowest BCUT2D eigenvalue weighted by molar-refractivity contribution is 0.477. The molecule has 5 nitrogen and oxygen atoms in total. The van der Waals surface area contributed by atoms with Crippen molar-refractivity contribution in [3.8, 4) is 0 Å². The third-order valence-corrected chi connectivity index (χ3v) is 3.16. The van der Waals surface area contributed by atoms with Gasteiger partial charge in [-0.2, -0.15) is 0 Å². The minimum Gasteiger partial charge on any atom is -0.319 e. The van der Waals surface area contributed by atoms with Gasteiger partial charge in [0, 0.05) is 30.2 Å². The van der Waals surface area contributed by atoms with Gasteiger partial charge in [-0.1, -0.05) is 0 Å². The van der Waals surface area contributed by atoms with Crippen molar-refractivity contribution in [3.05, 3.63) is 28.7 Å². The topological polar surface area (TPSA) is 55.6 Å². The first-order chi connectivity index (χ1) is 7.74. The first-order valence-corrected chi connectivity index (χ1v) is 6.03. The van der Waals surface area contributed by atoms with Gasteiger partial charge >= 0.3 is 0 Å². The van der Waals surface area contributed by atoms with Crippen LogP contribution >= 0.6 is 11.3 Å². The van der Waals surface area contributed by atoms with Crippen molar-refractivity contribution in [1.29, 1.82) is 0 Å². The molecule has 0 radical (unpaired) electrons. The fourth-order valence-corrected chi connectivity index (χ4v) is 2.20. The molecule has 1 unspecified atom stereocenters. The monoisotopic (exact) mass is 237 g/mol. The average Bonchev–Trinajstić information content (AvgIpc) is 2.87. The molecule has 0 bridgehead atoms. The number of aromatic nitrogens is 4. The maximum absolute atomic E-state index is 4.22. The van der Waals surface area contributed by atoms with E-state index in [2.05, 4.69) is 27.4 Å². The Labute approximate surface area is 98.5 Å². The molecule has 86 valence electrons. The molecule has 0 aromatic carbocycles. The molecule has 0 aliphatic rings. The molecule has 0 spiro atoms. The van der Waals surface area contributed by atoms with Gasteiger partial charge in [0.2, 0.25) is 0 Å². The first kappa shape index (κ1) is 11.2. The van der Waals surface area contributed by atoms with Crippen LogP contribution in [0.2, 0.25) is 0 Å². The van der Waals surface area contributed by atoms with Crippen molar-refractivity contribution in [2.24, 2.45) is 0 Å². The van der Waals surface area contributed by atoms with Gasteiger partial charge in [-0.05, 0) is 13.8 Å². The van der Waals surface area contributed by atoms with Crippen LogP contribution in [0, 0.1) is 6.92 Å². The summed E-state index contributed by atoms with van der Waals surface area (Å²) in [7, 11) is 0. The predicted molar refractivity (Wildman–Crippen MR) is 63.2 cm³/mol. The van der Waals surface area contributed by atoms with E-state index in [-0.39, 0.29) is 0 Å². The fraction of sp³-hybridized carbons (Fsp3) is 0.500. The van der Waals surface area contributed by atoms with Gasteiger partial charge < -0.3 is 9.88 Å². The van der Waals surface area contributed by atoms with E-state index in [9.17, 15) is 0 Å². The second-order valence-electron chi connectivity index (χ2n) is 3.79. The summed E-state index contributed by atoms with van der Waals surface area (Å²) in [6, 6.07) is 0.387. The van der Waals surface area contributed by atoms with Gasteiger partial charge in [0.05, 0.1) is 5.01 Å². The number of hydrogen-bond donors (Lipinski definition) is 1. The lowest BCUT2D eigenvalue weighted by Crippen LogP contribution is -2.29. The van der Waals surface area contributed by atoms with Crippen molar-refractivity contribution in [1.82, 2.24) is 25.1 Å². The minimum absolute atomic E-state index is 0.387. The molecule has 0 fully saturated rings. The average molecular weight is 237 g/mol.